The Hall–Kier alpha value is -1.49. The van der Waals surface area contributed by atoms with E-state index in [4.69, 9.17) is 9.84 Å². The minimum absolute atomic E-state index is 0.193. The molecule has 0 unspecified atom stereocenters. The van der Waals surface area contributed by atoms with Crippen molar-refractivity contribution in [2.75, 3.05) is 0 Å². The van der Waals surface area contributed by atoms with E-state index in [1.807, 2.05) is 0 Å². The highest BCUT2D eigenvalue weighted by Gasteiger charge is 2.17. The predicted octanol–water partition coefficient (Wildman–Crippen LogP) is 3.41. The monoisotopic (exact) mass is 254 g/mol. The van der Waals surface area contributed by atoms with Crippen LogP contribution in [0.15, 0.2) is 29.2 Å². The smallest absolute Gasteiger partial charge is 0.372 e. The molecule has 0 aromatic heterocycles. The first-order valence-electron chi connectivity index (χ1n) is 5.02. The van der Waals surface area contributed by atoms with Crippen LogP contribution >= 0.6 is 11.8 Å². The summed E-state index contributed by atoms with van der Waals surface area (Å²) < 4.78 is 5.13. The van der Waals surface area contributed by atoms with Gasteiger partial charge < -0.3 is 9.84 Å². The highest BCUT2D eigenvalue weighted by Crippen LogP contribution is 2.23. The second-order valence-corrected chi connectivity index (χ2v) is 5.40. The maximum atomic E-state index is 11.5. The summed E-state index contributed by atoms with van der Waals surface area (Å²) in [6.45, 7) is 5.37. The average Bonchev–Trinajstić information content (AvgIpc) is 2.15. The molecule has 0 bridgehead atoms. The van der Waals surface area contributed by atoms with Crippen molar-refractivity contribution in [1.82, 2.24) is 0 Å². The van der Waals surface area contributed by atoms with Crippen molar-refractivity contribution in [2.24, 2.45) is 0 Å². The van der Waals surface area contributed by atoms with Gasteiger partial charge in [0.15, 0.2) is 0 Å². The fourth-order valence-corrected chi connectivity index (χ4v) is 1.79. The van der Waals surface area contributed by atoms with Crippen LogP contribution in [-0.4, -0.2) is 22.0 Å². The largest absolute Gasteiger partial charge is 0.478 e. The van der Waals surface area contributed by atoms with Crippen LogP contribution in [0.2, 0.25) is 0 Å². The lowest BCUT2D eigenvalue weighted by Gasteiger charge is -2.18. The Morgan fingerprint density at radius 3 is 2.12 bits per heavy atom. The quantitative estimate of drug-likeness (QED) is 0.647. The SMILES string of the molecule is CC(C)(C)OC(=O)Sc1ccc(C(=O)O)cc1. The third-order valence-electron chi connectivity index (χ3n) is 1.69. The van der Waals surface area contributed by atoms with Gasteiger partial charge >= 0.3 is 11.3 Å². The molecule has 0 fully saturated rings. The van der Waals surface area contributed by atoms with E-state index in [0.29, 0.717) is 4.90 Å². The highest BCUT2D eigenvalue weighted by atomic mass is 32.2. The molecule has 1 N–H and O–H groups in total. The minimum Gasteiger partial charge on any atom is -0.478 e. The molecule has 0 atom stereocenters. The Morgan fingerprint density at radius 1 is 1.18 bits per heavy atom. The average molecular weight is 254 g/mol. The summed E-state index contributed by atoms with van der Waals surface area (Å²) in [5.74, 6) is -0.987. The highest BCUT2D eigenvalue weighted by molar-refractivity contribution is 8.13. The number of carboxylic acids is 1. The van der Waals surface area contributed by atoms with Crippen molar-refractivity contribution < 1.29 is 19.4 Å². The molecule has 0 saturated carbocycles. The van der Waals surface area contributed by atoms with Gasteiger partial charge in [-0.1, -0.05) is 0 Å². The number of rotatable bonds is 2. The van der Waals surface area contributed by atoms with Crippen LogP contribution in [0, 0.1) is 0 Å². The minimum atomic E-state index is -0.987. The van der Waals surface area contributed by atoms with Crippen molar-refractivity contribution in [3.8, 4) is 0 Å². The molecule has 5 heteroatoms. The Kier molecular flexibility index (Phi) is 4.17. The van der Waals surface area contributed by atoms with Crippen LogP contribution in [-0.2, 0) is 4.74 Å². The van der Waals surface area contributed by atoms with E-state index in [1.54, 1.807) is 32.9 Å². The summed E-state index contributed by atoms with van der Waals surface area (Å²) in [4.78, 5) is 22.8. The van der Waals surface area contributed by atoms with Crippen molar-refractivity contribution >= 4 is 23.0 Å². The first-order valence-corrected chi connectivity index (χ1v) is 5.84. The second-order valence-electron chi connectivity index (χ2n) is 4.40. The van der Waals surface area contributed by atoms with Gasteiger partial charge in [-0.3, -0.25) is 0 Å². The molecule has 4 nitrogen and oxygen atoms in total. The van der Waals surface area contributed by atoms with Gasteiger partial charge in [0.05, 0.1) is 5.56 Å². The Balaban J connectivity index is 2.64. The number of thioether (sulfide) groups is 1. The summed E-state index contributed by atoms with van der Waals surface area (Å²) in [5, 5.41) is 8.31. The molecule has 92 valence electrons. The zero-order chi connectivity index (χ0) is 13.1. The molecule has 0 saturated heterocycles. The molecule has 0 aliphatic carbocycles. The van der Waals surface area contributed by atoms with Crippen molar-refractivity contribution in [3.63, 3.8) is 0 Å². The number of carbonyl (C=O) groups excluding carboxylic acids is 1. The lowest BCUT2D eigenvalue weighted by atomic mass is 10.2. The van der Waals surface area contributed by atoms with Crippen molar-refractivity contribution in [1.29, 1.82) is 0 Å². The maximum absolute atomic E-state index is 11.5. The number of hydrogen-bond donors (Lipinski definition) is 1. The Bertz CT molecular complexity index is 417. The van der Waals surface area contributed by atoms with E-state index in [9.17, 15) is 9.59 Å². The third-order valence-corrected chi connectivity index (χ3v) is 2.45. The molecule has 1 rings (SSSR count). The number of hydrogen-bond acceptors (Lipinski definition) is 4. The zero-order valence-corrected chi connectivity index (χ0v) is 10.7. The standard InChI is InChI=1S/C12H14O4S/c1-12(2,3)16-11(15)17-9-6-4-8(5-7-9)10(13)14/h4-7H,1-3H3,(H,13,14). The fourth-order valence-electron chi connectivity index (χ4n) is 1.03. The molecular formula is C12H14O4S. The van der Waals surface area contributed by atoms with E-state index >= 15 is 0 Å². The lowest BCUT2D eigenvalue weighted by Crippen LogP contribution is -2.21. The van der Waals surface area contributed by atoms with Gasteiger partial charge in [0.1, 0.15) is 5.60 Å². The third kappa shape index (κ3) is 4.91. The molecule has 17 heavy (non-hydrogen) atoms. The normalized spacial score (nSPS) is 11.0. The zero-order valence-electron chi connectivity index (χ0n) is 9.89. The first kappa shape index (κ1) is 13.6. The Labute approximate surface area is 104 Å². The summed E-state index contributed by atoms with van der Waals surface area (Å²) >= 11 is 0.937. The van der Waals surface area contributed by atoms with Crippen LogP contribution in [0.5, 0.6) is 0 Å². The van der Waals surface area contributed by atoms with Gasteiger partial charge in [-0.25, -0.2) is 9.59 Å². The van der Waals surface area contributed by atoms with Crippen LogP contribution in [0.3, 0.4) is 0 Å². The van der Waals surface area contributed by atoms with Gasteiger partial charge in [-0.05, 0) is 56.8 Å². The van der Waals surface area contributed by atoms with E-state index < -0.39 is 16.9 Å². The van der Waals surface area contributed by atoms with E-state index in [-0.39, 0.29) is 5.56 Å². The van der Waals surface area contributed by atoms with Gasteiger partial charge in [0, 0.05) is 4.90 Å². The van der Waals surface area contributed by atoms with E-state index in [1.165, 1.54) is 12.1 Å². The number of carboxylic acid groups (broad SMARTS) is 1. The van der Waals surface area contributed by atoms with Crippen LogP contribution < -0.4 is 0 Å². The van der Waals surface area contributed by atoms with Crippen molar-refractivity contribution in [3.05, 3.63) is 29.8 Å². The molecule has 0 amide bonds. The predicted molar refractivity (Wildman–Crippen MR) is 65.5 cm³/mol. The summed E-state index contributed by atoms with van der Waals surface area (Å²) in [5.41, 5.74) is -0.330. The number of carbonyl (C=O) groups is 2. The number of benzene rings is 1. The van der Waals surface area contributed by atoms with Crippen molar-refractivity contribution in [2.45, 2.75) is 31.3 Å². The van der Waals surface area contributed by atoms with Crippen LogP contribution in [0.4, 0.5) is 4.79 Å². The molecule has 0 aliphatic heterocycles. The summed E-state index contributed by atoms with van der Waals surface area (Å²) in [7, 11) is 0. The van der Waals surface area contributed by atoms with Crippen LogP contribution in [0.1, 0.15) is 31.1 Å². The van der Waals surface area contributed by atoms with Gasteiger partial charge in [-0.2, -0.15) is 0 Å². The summed E-state index contributed by atoms with van der Waals surface area (Å²) in [6, 6.07) is 6.07. The molecule has 0 heterocycles. The fraction of sp³-hybridized carbons (Fsp3) is 0.333. The number of aromatic carboxylic acids is 1. The molecule has 1 aromatic carbocycles. The van der Waals surface area contributed by atoms with Gasteiger partial charge in [0.25, 0.3) is 0 Å². The van der Waals surface area contributed by atoms with E-state index in [2.05, 4.69) is 0 Å². The van der Waals surface area contributed by atoms with Gasteiger partial charge in [-0.15, -0.1) is 0 Å². The van der Waals surface area contributed by atoms with E-state index in [0.717, 1.165) is 11.8 Å². The molecule has 0 spiro atoms. The summed E-state index contributed by atoms with van der Waals surface area (Å²) in [6.07, 6.45) is 0. The topological polar surface area (TPSA) is 63.6 Å². The Morgan fingerprint density at radius 2 is 1.71 bits per heavy atom. The number of ether oxygens (including phenoxy) is 1. The molecule has 1 aromatic rings. The molecule has 0 radical (unpaired) electrons. The molecule has 0 aliphatic rings. The first-order chi connectivity index (χ1) is 7.78. The lowest BCUT2D eigenvalue weighted by molar-refractivity contribution is 0.0694. The van der Waals surface area contributed by atoms with Crippen LogP contribution in [0.25, 0.3) is 0 Å². The second kappa shape index (κ2) is 5.23. The molecular weight excluding hydrogens is 240 g/mol. The maximum Gasteiger partial charge on any atom is 0.372 e. The van der Waals surface area contributed by atoms with Gasteiger partial charge in [0.2, 0.25) is 0 Å².